The van der Waals surface area contributed by atoms with Gasteiger partial charge in [0.05, 0.1) is 0 Å². The Morgan fingerprint density at radius 1 is 1.60 bits per heavy atom. The molecule has 0 heterocycles. The van der Waals surface area contributed by atoms with Crippen LogP contribution >= 0.6 is 15.9 Å². The third kappa shape index (κ3) is 0.904. The van der Waals surface area contributed by atoms with E-state index in [1.54, 1.807) is 6.92 Å². The molecule has 3 unspecified atom stereocenters. The summed E-state index contributed by atoms with van der Waals surface area (Å²) in [5.74, 6) is -2.76. The van der Waals surface area contributed by atoms with Gasteiger partial charge in [0.15, 0.2) is 0 Å². The highest BCUT2D eigenvalue weighted by molar-refractivity contribution is 9.09. The number of carboxylic acid groups (broad SMARTS) is 1. The number of hydrogen-bond donors (Lipinski definition) is 1. The average molecular weight is 275 g/mol. The van der Waals surface area contributed by atoms with Crippen LogP contribution in [-0.4, -0.2) is 28.0 Å². The van der Waals surface area contributed by atoms with Gasteiger partial charge in [-0.2, -0.15) is 0 Å². The Morgan fingerprint density at radius 3 is 2.60 bits per heavy atom. The summed E-state index contributed by atoms with van der Waals surface area (Å²) in [5, 5.41) is 9.62. The van der Waals surface area contributed by atoms with E-state index in [-0.39, 0.29) is 0 Å². The van der Waals surface area contributed by atoms with Gasteiger partial charge in [-0.3, -0.25) is 14.4 Å². The van der Waals surface area contributed by atoms with E-state index in [0.29, 0.717) is 18.2 Å². The topological polar surface area (TPSA) is 71.4 Å². The van der Waals surface area contributed by atoms with Crippen LogP contribution in [0.5, 0.6) is 0 Å². The highest BCUT2D eigenvalue weighted by Crippen LogP contribution is 2.63. The number of aliphatic carboxylic acids is 1. The maximum atomic E-state index is 11.8. The van der Waals surface area contributed by atoms with Crippen LogP contribution < -0.4 is 0 Å². The van der Waals surface area contributed by atoms with Crippen LogP contribution in [-0.2, 0) is 14.4 Å². The van der Waals surface area contributed by atoms with E-state index in [4.69, 9.17) is 0 Å². The summed E-state index contributed by atoms with van der Waals surface area (Å²) >= 11 is 3.24. The molecule has 2 rings (SSSR count). The fourth-order valence-corrected chi connectivity index (χ4v) is 3.95. The van der Waals surface area contributed by atoms with Crippen molar-refractivity contribution >= 4 is 33.5 Å². The Kier molecular flexibility index (Phi) is 2.09. The van der Waals surface area contributed by atoms with Crippen molar-refractivity contribution in [1.29, 1.82) is 0 Å². The van der Waals surface area contributed by atoms with Gasteiger partial charge in [0.1, 0.15) is 5.41 Å². The molecule has 2 fully saturated rings. The van der Waals surface area contributed by atoms with Crippen molar-refractivity contribution < 1.29 is 19.5 Å². The molecule has 82 valence electrons. The number of carbonyl (C=O) groups excluding carboxylic acids is 2. The van der Waals surface area contributed by atoms with E-state index in [1.165, 1.54) is 0 Å². The summed E-state index contributed by atoms with van der Waals surface area (Å²) in [6.07, 6.45) is 0.804. The number of ketones is 2. The quantitative estimate of drug-likeness (QED) is 0.464. The molecule has 15 heavy (non-hydrogen) atoms. The molecule has 1 N–H and O–H groups in total. The Bertz CT molecular complexity index is 378. The summed E-state index contributed by atoms with van der Waals surface area (Å²) in [5.41, 5.74) is -2.23. The normalized spacial score (nSPS) is 43.7. The number of fused-ring (bicyclic) bond motifs is 2. The summed E-state index contributed by atoms with van der Waals surface area (Å²) < 4.78 is 0. The molecule has 0 spiro atoms. The first-order chi connectivity index (χ1) is 6.91. The van der Waals surface area contributed by atoms with E-state index >= 15 is 0 Å². The van der Waals surface area contributed by atoms with E-state index in [1.807, 2.05) is 0 Å². The number of carbonyl (C=O) groups is 3. The van der Waals surface area contributed by atoms with Gasteiger partial charge >= 0.3 is 5.97 Å². The monoisotopic (exact) mass is 274 g/mol. The molecule has 2 saturated carbocycles. The van der Waals surface area contributed by atoms with Crippen molar-refractivity contribution in [3.05, 3.63) is 0 Å². The number of hydrogen-bond acceptors (Lipinski definition) is 3. The fourth-order valence-electron chi connectivity index (χ4n) is 3.08. The maximum Gasteiger partial charge on any atom is 0.318 e. The number of rotatable bonds is 2. The lowest BCUT2D eigenvalue weighted by molar-refractivity contribution is -0.159. The lowest BCUT2D eigenvalue weighted by atomic mass is 9.69. The first-order valence-electron chi connectivity index (χ1n) is 4.80. The van der Waals surface area contributed by atoms with Gasteiger partial charge in [-0.15, -0.1) is 0 Å². The van der Waals surface area contributed by atoms with E-state index in [9.17, 15) is 19.5 Å². The first-order valence-corrected chi connectivity index (χ1v) is 5.92. The van der Waals surface area contributed by atoms with Gasteiger partial charge in [0.25, 0.3) is 0 Å². The average Bonchev–Trinajstić information content (AvgIpc) is 2.57. The predicted molar refractivity (Wildman–Crippen MR) is 54.7 cm³/mol. The van der Waals surface area contributed by atoms with Gasteiger partial charge in [-0.25, -0.2) is 0 Å². The van der Waals surface area contributed by atoms with Gasteiger partial charge in [0.2, 0.25) is 11.6 Å². The second kappa shape index (κ2) is 2.90. The largest absolute Gasteiger partial charge is 0.480 e. The summed E-state index contributed by atoms with van der Waals surface area (Å²) in [6, 6.07) is 0. The van der Waals surface area contributed by atoms with Crippen molar-refractivity contribution in [1.82, 2.24) is 0 Å². The van der Waals surface area contributed by atoms with E-state index in [2.05, 4.69) is 15.9 Å². The summed E-state index contributed by atoms with van der Waals surface area (Å²) in [4.78, 5) is 34.7. The smallest absolute Gasteiger partial charge is 0.318 e. The first kappa shape index (κ1) is 10.8. The van der Waals surface area contributed by atoms with Crippen molar-refractivity contribution in [2.45, 2.75) is 19.8 Å². The molecule has 0 amide bonds. The summed E-state index contributed by atoms with van der Waals surface area (Å²) in [7, 11) is 0. The lowest BCUT2D eigenvalue weighted by Gasteiger charge is -2.33. The van der Waals surface area contributed by atoms with Gasteiger partial charge in [-0.1, -0.05) is 22.9 Å². The van der Waals surface area contributed by atoms with Crippen LogP contribution in [0.15, 0.2) is 0 Å². The zero-order valence-corrected chi connectivity index (χ0v) is 9.83. The third-order valence-electron chi connectivity index (χ3n) is 4.12. The number of Topliss-reactive ketones (excluding diaryl/α,β-unsaturated/α-hetero) is 2. The second-order valence-electron chi connectivity index (χ2n) is 4.55. The number of carboxylic acids is 1. The van der Waals surface area contributed by atoms with Gasteiger partial charge < -0.3 is 5.11 Å². The number of alkyl halides is 1. The minimum atomic E-state index is -1.47. The zero-order chi connectivity index (χ0) is 11.4. The molecule has 2 aliphatic rings. The van der Waals surface area contributed by atoms with Crippen LogP contribution in [0.3, 0.4) is 0 Å². The molecular formula is C10H11BrO4. The molecule has 2 bridgehead atoms. The molecule has 0 radical (unpaired) electrons. The minimum absolute atomic E-state index is 0.291. The second-order valence-corrected chi connectivity index (χ2v) is 5.11. The fraction of sp³-hybridized carbons (Fsp3) is 0.700. The molecule has 3 atom stereocenters. The molecule has 0 aliphatic heterocycles. The third-order valence-corrected chi connectivity index (χ3v) is 5.29. The molecule has 5 heteroatoms. The van der Waals surface area contributed by atoms with Crippen LogP contribution in [0, 0.1) is 16.7 Å². The SMILES string of the molecule is CC1(CBr)C2CCC1(C(=O)O)C(=O)C2=O. The van der Waals surface area contributed by atoms with Gasteiger partial charge in [0, 0.05) is 16.7 Å². The number of halogens is 1. The van der Waals surface area contributed by atoms with Crippen LogP contribution in [0.2, 0.25) is 0 Å². The molecule has 4 nitrogen and oxygen atoms in total. The van der Waals surface area contributed by atoms with E-state index in [0.717, 1.165) is 0 Å². The predicted octanol–water partition coefficient (Wildman–Crippen LogP) is 1.02. The van der Waals surface area contributed by atoms with Crippen molar-refractivity contribution in [3.8, 4) is 0 Å². The Hall–Kier alpha value is -0.710. The van der Waals surface area contributed by atoms with E-state index < -0.39 is 34.3 Å². The highest BCUT2D eigenvalue weighted by Gasteiger charge is 2.74. The standard InChI is InChI=1S/C10H11BrO4/c1-9(4-11)5-2-3-10(9,8(14)15)7(13)6(5)12/h5H,2-4H2,1H3,(H,14,15). The Labute approximate surface area is 95.2 Å². The molecule has 0 saturated heterocycles. The van der Waals surface area contributed by atoms with Gasteiger partial charge in [-0.05, 0) is 12.8 Å². The van der Waals surface area contributed by atoms with Crippen LogP contribution in [0.25, 0.3) is 0 Å². The highest BCUT2D eigenvalue weighted by atomic mass is 79.9. The molecule has 0 aromatic rings. The van der Waals surface area contributed by atoms with Crippen molar-refractivity contribution in [2.24, 2.45) is 16.7 Å². The lowest BCUT2D eigenvalue weighted by Crippen LogP contribution is -2.46. The van der Waals surface area contributed by atoms with Crippen LogP contribution in [0.1, 0.15) is 19.8 Å². The zero-order valence-electron chi connectivity index (χ0n) is 8.25. The van der Waals surface area contributed by atoms with Crippen molar-refractivity contribution in [2.75, 3.05) is 5.33 Å². The van der Waals surface area contributed by atoms with Crippen molar-refractivity contribution in [3.63, 3.8) is 0 Å². The Morgan fingerprint density at radius 2 is 2.20 bits per heavy atom. The maximum absolute atomic E-state index is 11.8. The molecular weight excluding hydrogens is 264 g/mol. The molecule has 2 aliphatic carbocycles. The summed E-state index contributed by atoms with van der Waals surface area (Å²) in [6.45, 7) is 1.72. The molecule has 0 aromatic carbocycles. The Balaban J connectivity index is 2.64. The van der Waals surface area contributed by atoms with Crippen LogP contribution in [0.4, 0.5) is 0 Å². The minimum Gasteiger partial charge on any atom is -0.480 e. The molecule has 0 aromatic heterocycles.